The number of hydrogen-bond acceptors (Lipinski definition) is 1. The van der Waals surface area contributed by atoms with Gasteiger partial charge in [0.1, 0.15) is 6.29 Å². The second kappa shape index (κ2) is 5.22. The summed E-state index contributed by atoms with van der Waals surface area (Å²) in [7, 11) is 0. The van der Waals surface area contributed by atoms with Crippen LogP contribution >= 0.6 is 0 Å². The van der Waals surface area contributed by atoms with Gasteiger partial charge in [-0.05, 0) is 53.2 Å². The maximum Gasteiger partial charge on any atom is 0.120 e. The molecule has 1 nitrogen and oxygen atoms in total. The van der Waals surface area contributed by atoms with E-state index in [1.54, 1.807) is 0 Å². The third-order valence-electron chi connectivity index (χ3n) is 6.50. The second-order valence-electron chi connectivity index (χ2n) is 8.89. The van der Waals surface area contributed by atoms with Crippen LogP contribution in [0, 0.1) is 0 Å². The molecule has 1 saturated carbocycles. The first kappa shape index (κ1) is 15.8. The van der Waals surface area contributed by atoms with E-state index in [0.29, 0.717) is 6.42 Å². The third kappa shape index (κ3) is 2.43. The number of fused-ring (bicyclic) bond motifs is 1. The van der Waals surface area contributed by atoms with Gasteiger partial charge in [-0.2, -0.15) is 0 Å². The molecule has 0 amide bonds. The Morgan fingerprint density at radius 1 is 0.909 bits per heavy atom. The molecule has 3 rings (SSSR count). The Morgan fingerprint density at radius 3 is 2.09 bits per heavy atom. The zero-order valence-electron chi connectivity index (χ0n) is 14.7. The highest BCUT2D eigenvalue weighted by molar-refractivity contribution is 5.55. The summed E-state index contributed by atoms with van der Waals surface area (Å²) in [5.74, 6) is 0. The predicted molar refractivity (Wildman–Crippen MR) is 92.6 cm³/mol. The molecule has 1 heteroatoms. The molecule has 1 aromatic rings. The largest absolute Gasteiger partial charge is 0.303 e. The minimum atomic E-state index is 0.119. The lowest BCUT2D eigenvalue weighted by Gasteiger charge is -2.43. The van der Waals surface area contributed by atoms with Crippen molar-refractivity contribution in [3.05, 3.63) is 34.9 Å². The summed E-state index contributed by atoms with van der Waals surface area (Å²) in [6.45, 7) is 9.51. The van der Waals surface area contributed by atoms with Crippen LogP contribution < -0.4 is 0 Å². The molecule has 0 heterocycles. The van der Waals surface area contributed by atoms with E-state index < -0.39 is 0 Å². The molecule has 22 heavy (non-hydrogen) atoms. The van der Waals surface area contributed by atoms with Gasteiger partial charge in [-0.1, -0.05) is 58.7 Å². The monoisotopic (exact) mass is 298 g/mol. The van der Waals surface area contributed by atoms with Gasteiger partial charge in [0.15, 0.2) is 0 Å². The maximum atomic E-state index is 11.3. The zero-order valence-corrected chi connectivity index (χ0v) is 14.7. The van der Waals surface area contributed by atoms with Gasteiger partial charge in [-0.3, -0.25) is 0 Å². The Bertz CT molecular complexity index is 574. The number of rotatable bonds is 3. The van der Waals surface area contributed by atoms with Gasteiger partial charge >= 0.3 is 0 Å². The number of aldehydes is 1. The molecule has 0 unspecified atom stereocenters. The van der Waals surface area contributed by atoms with Gasteiger partial charge in [0.05, 0.1) is 0 Å². The van der Waals surface area contributed by atoms with Crippen molar-refractivity contribution in [3.63, 3.8) is 0 Å². The Kier molecular flexibility index (Phi) is 3.74. The average Bonchev–Trinajstić information content (AvgIpc) is 2.94. The molecule has 2 aliphatic rings. The second-order valence-corrected chi connectivity index (χ2v) is 8.89. The zero-order chi connectivity index (χ0) is 16.0. The van der Waals surface area contributed by atoms with E-state index in [0.717, 1.165) is 6.29 Å². The van der Waals surface area contributed by atoms with E-state index >= 15 is 0 Å². The maximum absolute atomic E-state index is 11.3. The average molecular weight is 298 g/mol. The van der Waals surface area contributed by atoms with E-state index in [1.807, 2.05) is 0 Å². The Morgan fingerprint density at radius 2 is 1.50 bits per heavy atom. The minimum Gasteiger partial charge on any atom is -0.303 e. The van der Waals surface area contributed by atoms with Crippen LogP contribution in [0.3, 0.4) is 0 Å². The van der Waals surface area contributed by atoms with Crippen molar-refractivity contribution < 1.29 is 4.79 Å². The molecule has 0 spiro atoms. The fourth-order valence-electron chi connectivity index (χ4n) is 4.74. The van der Waals surface area contributed by atoms with Crippen molar-refractivity contribution in [2.45, 2.75) is 88.9 Å². The number of hydrogen-bond donors (Lipinski definition) is 0. The van der Waals surface area contributed by atoms with Crippen molar-refractivity contribution in [1.82, 2.24) is 0 Å². The number of benzene rings is 1. The normalized spacial score (nSPS) is 24.7. The van der Waals surface area contributed by atoms with Gasteiger partial charge in [0.2, 0.25) is 0 Å². The molecule has 0 bridgehead atoms. The molecular formula is C21H30O. The molecule has 0 saturated heterocycles. The lowest BCUT2D eigenvalue weighted by Crippen LogP contribution is -2.34. The molecule has 1 fully saturated rings. The molecule has 0 aromatic heterocycles. The first-order chi connectivity index (χ1) is 10.3. The summed E-state index contributed by atoms with van der Waals surface area (Å²) in [5.41, 5.74) is 5.11. The van der Waals surface area contributed by atoms with Crippen molar-refractivity contribution in [1.29, 1.82) is 0 Å². The molecule has 0 radical (unpaired) electrons. The van der Waals surface area contributed by atoms with Crippen LogP contribution in [0.4, 0.5) is 0 Å². The first-order valence-corrected chi connectivity index (χ1v) is 8.90. The SMILES string of the molecule is CC1(C)CCC(C)(C)c2cc(C3(CC=O)CCCC3)ccc21. The smallest absolute Gasteiger partial charge is 0.120 e. The molecule has 1 aromatic carbocycles. The van der Waals surface area contributed by atoms with E-state index in [4.69, 9.17) is 0 Å². The molecule has 0 N–H and O–H groups in total. The Labute approximate surface area is 135 Å². The van der Waals surface area contributed by atoms with Gasteiger partial charge < -0.3 is 4.79 Å². The van der Waals surface area contributed by atoms with E-state index in [-0.39, 0.29) is 16.2 Å². The van der Waals surface area contributed by atoms with E-state index in [9.17, 15) is 4.79 Å². The number of carbonyl (C=O) groups excluding carboxylic acids is 1. The highest BCUT2D eigenvalue weighted by Gasteiger charge is 2.40. The Hall–Kier alpha value is -1.11. The molecule has 120 valence electrons. The third-order valence-corrected chi connectivity index (χ3v) is 6.50. The van der Waals surface area contributed by atoms with E-state index in [1.165, 1.54) is 55.2 Å². The molecular weight excluding hydrogens is 268 g/mol. The van der Waals surface area contributed by atoms with Gasteiger partial charge in [-0.25, -0.2) is 0 Å². The summed E-state index contributed by atoms with van der Waals surface area (Å²) in [6, 6.07) is 7.16. The van der Waals surface area contributed by atoms with Crippen LogP contribution in [0.25, 0.3) is 0 Å². The topological polar surface area (TPSA) is 17.1 Å². The first-order valence-electron chi connectivity index (χ1n) is 8.90. The highest BCUT2D eigenvalue weighted by Crippen LogP contribution is 2.49. The summed E-state index contributed by atoms with van der Waals surface area (Å²) in [6.07, 6.45) is 9.21. The van der Waals surface area contributed by atoms with Crippen molar-refractivity contribution >= 4 is 6.29 Å². The lowest BCUT2D eigenvalue weighted by atomic mass is 9.62. The van der Waals surface area contributed by atoms with Crippen molar-refractivity contribution in [2.24, 2.45) is 0 Å². The van der Waals surface area contributed by atoms with Crippen LogP contribution in [-0.2, 0) is 21.0 Å². The fourth-order valence-corrected chi connectivity index (χ4v) is 4.74. The van der Waals surface area contributed by atoms with Gasteiger partial charge in [0.25, 0.3) is 0 Å². The van der Waals surface area contributed by atoms with Crippen molar-refractivity contribution in [3.8, 4) is 0 Å². The van der Waals surface area contributed by atoms with Gasteiger partial charge in [0, 0.05) is 11.8 Å². The van der Waals surface area contributed by atoms with Crippen LogP contribution in [0.1, 0.15) is 89.3 Å². The predicted octanol–water partition coefficient (Wildman–Crippen LogP) is 5.44. The van der Waals surface area contributed by atoms with Crippen molar-refractivity contribution in [2.75, 3.05) is 0 Å². The molecule has 0 atom stereocenters. The summed E-state index contributed by atoms with van der Waals surface area (Å²) < 4.78 is 0. The quantitative estimate of drug-likeness (QED) is 0.679. The lowest BCUT2D eigenvalue weighted by molar-refractivity contribution is -0.108. The Balaban J connectivity index is 2.11. The number of carbonyl (C=O) groups is 1. The van der Waals surface area contributed by atoms with Crippen LogP contribution in [0.2, 0.25) is 0 Å². The molecule has 0 aliphatic heterocycles. The van der Waals surface area contributed by atoms with Crippen LogP contribution in [0.5, 0.6) is 0 Å². The molecule has 2 aliphatic carbocycles. The summed E-state index contributed by atoms with van der Waals surface area (Å²) in [4.78, 5) is 11.3. The summed E-state index contributed by atoms with van der Waals surface area (Å²) >= 11 is 0. The minimum absolute atomic E-state index is 0.119. The standard InChI is InChI=1S/C21H30O/c1-19(2)11-12-20(3,4)18-15-16(7-8-17(18)19)21(13-14-22)9-5-6-10-21/h7-8,14-15H,5-6,9-13H2,1-4H3. The summed E-state index contributed by atoms with van der Waals surface area (Å²) in [5, 5.41) is 0. The van der Waals surface area contributed by atoms with Crippen LogP contribution in [0.15, 0.2) is 18.2 Å². The van der Waals surface area contributed by atoms with Gasteiger partial charge in [-0.15, -0.1) is 0 Å². The van der Waals surface area contributed by atoms with Crippen LogP contribution in [-0.4, -0.2) is 6.29 Å². The highest BCUT2D eigenvalue weighted by atomic mass is 16.1. The fraction of sp³-hybridized carbons (Fsp3) is 0.667. The van der Waals surface area contributed by atoms with E-state index in [2.05, 4.69) is 45.9 Å².